The van der Waals surface area contributed by atoms with Crippen molar-refractivity contribution in [3.8, 4) is 28.7 Å². The molecule has 0 bridgehead atoms. The Balaban J connectivity index is 1.51. The average molecular weight is 467 g/mol. The number of nitrogens with zero attached hydrogens (tertiary/aromatic N) is 4. The number of hydrogen-bond acceptors (Lipinski definition) is 4. The van der Waals surface area contributed by atoms with Crippen molar-refractivity contribution in [2.75, 3.05) is 0 Å². The van der Waals surface area contributed by atoms with Crippen LogP contribution < -0.4 is 4.74 Å². The fourth-order valence-corrected chi connectivity index (χ4v) is 3.75. The lowest BCUT2D eigenvalue weighted by molar-refractivity contribution is -0.140. The van der Waals surface area contributed by atoms with Crippen molar-refractivity contribution in [2.45, 2.75) is 39.5 Å². The van der Waals surface area contributed by atoms with Crippen molar-refractivity contribution in [1.82, 2.24) is 19.5 Å². The van der Waals surface area contributed by atoms with Gasteiger partial charge in [-0.3, -0.25) is 0 Å². The molecule has 0 atom stereocenters. The van der Waals surface area contributed by atoms with Gasteiger partial charge in [0.2, 0.25) is 0 Å². The molecule has 34 heavy (non-hydrogen) atoms. The lowest BCUT2D eigenvalue weighted by Crippen LogP contribution is -2.04. The first-order chi connectivity index (χ1) is 16.1. The van der Waals surface area contributed by atoms with Gasteiger partial charge < -0.3 is 9.30 Å². The van der Waals surface area contributed by atoms with Gasteiger partial charge in [0.1, 0.15) is 12.4 Å². The Labute approximate surface area is 196 Å². The summed E-state index contributed by atoms with van der Waals surface area (Å²) in [6.45, 7) is 6.48. The van der Waals surface area contributed by atoms with Crippen LogP contribution in [0.1, 0.15) is 42.1 Å². The van der Waals surface area contributed by atoms with Gasteiger partial charge in [-0.1, -0.05) is 62.4 Å². The summed E-state index contributed by atoms with van der Waals surface area (Å²) in [5.74, 6) is 0.592. The van der Waals surface area contributed by atoms with E-state index < -0.39 is 11.9 Å². The van der Waals surface area contributed by atoms with Gasteiger partial charge >= 0.3 is 12.2 Å². The SMILES string of the molecule is Cc1cnc(OCc2ccc(-c3nc(C(F)(F)F)cn3C)cc2)nc1-c1ccccc1C(C)C. The smallest absolute Gasteiger partial charge is 0.434 e. The van der Waals surface area contributed by atoms with E-state index in [1.165, 1.54) is 10.1 Å². The first-order valence-corrected chi connectivity index (χ1v) is 10.9. The monoisotopic (exact) mass is 466 g/mol. The van der Waals surface area contributed by atoms with Crippen molar-refractivity contribution in [2.24, 2.45) is 7.05 Å². The van der Waals surface area contributed by atoms with Crippen LogP contribution in [-0.2, 0) is 19.8 Å². The molecule has 0 radical (unpaired) electrons. The van der Waals surface area contributed by atoms with Crippen LogP contribution >= 0.6 is 0 Å². The van der Waals surface area contributed by atoms with Crippen molar-refractivity contribution in [3.05, 3.63) is 83.3 Å². The molecule has 0 unspecified atom stereocenters. The molecule has 0 aliphatic heterocycles. The second kappa shape index (κ2) is 9.29. The number of halogens is 3. The Hall–Kier alpha value is -3.68. The number of alkyl halides is 3. The number of ether oxygens (including phenoxy) is 1. The van der Waals surface area contributed by atoms with Crippen LogP contribution in [0.2, 0.25) is 0 Å². The van der Waals surface area contributed by atoms with E-state index in [0.29, 0.717) is 11.5 Å². The van der Waals surface area contributed by atoms with Crippen LogP contribution in [0.15, 0.2) is 60.9 Å². The molecule has 2 heterocycles. The second-order valence-electron chi connectivity index (χ2n) is 8.47. The molecular weight excluding hydrogens is 441 g/mol. The minimum atomic E-state index is -4.48. The first kappa shape index (κ1) is 23.5. The Bertz CT molecular complexity index is 1290. The zero-order chi connectivity index (χ0) is 24.5. The number of aromatic nitrogens is 4. The molecule has 0 fully saturated rings. The molecule has 176 valence electrons. The fourth-order valence-electron chi connectivity index (χ4n) is 3.75. The lowest BCUT2D eigenvalue weighted by Gasteiger charge is -2.14. The number of imidazole rings is 1. The van der Waals surface area contributed by atoms with E-state index in [9.17, 15) is 13.2 Å². The summed E-state index contributed by atoms with van der Waals surface area (Å²) in [5.41, 5.74) is 4.55. The first-order valence-electron chi connectivity index (χ1n) is 10.9. The molecule has 2 aromatic heterocycles. The number of benzene rings is 2. The molecule has 4 rings (SSSR count). The van der Waals surface area contributed by atoms with Crippen molar-refractivity contribution >= 4 is 0 Å². The summed E-state index contributed by atoms with van der Waals surface area (Å²) >= 11 is 0. The Morgan fingerprint density at radius 3 is 2.35 bits per heavy atom. The summed E-state index contributed by atoms with van der Waals surface area (Å²) in [4.78, 5) is 12.7. The number of hydrogen-bond donors (Lipinski definition) is 0. The third-order valence-corrected chi connectivity index (χ3v) is 5.53. The molecule has 0 aliphatic carbocycles. The molecule has 0 N–H and O–H groups in total. The van der Waals surface area contributed by atoms with E-state index in [2.05, 4.69) is 40.9 Å². The standard InChI is InChI=1S/C26H25F3N4O/c1-16(2)20-7-5-6-8-21(20)23-17(3)13-30-25(32-23)34-15-18-9-11-19(12-10-18)24-31-22(14-33(24)4)26(27,28)29/h5-14,16H,15H2,1-4H3. The van der Waals surface area contributed by atoms with Gasteiger partial charge in [-0.05, 0) is 29.5 Å². The summed E-state index contributed by atoms with van der Waals surface area (Å²) in [6.07, 6.45) is -1.75. The van der Waals surface area contributed by atoms with Crippen molar-refractivity contribution < 1.29 is 17.9 Å². The normalized spacial score (nSPS) is 11.8. The number of rotatable bonds is 6. The fraction of sp³-hybridized carbons (Fsp3) is 0.269. The minimum absolute atomic E-state index is 0.225. The Morgan fingerprint density at radius 1 is 1.00 bits per heavy atom. The van der Waals surface area contributed by atoms with Crippen LogP contribution in [0.5, 0.6) is 6.01 Å². The second-order valence-corrected chi connectivity index (χ2v) is 8.47. The van der Waals surface area contributed by atoms with Crippen molar-refractivity contribution in [1.29, 1.82) is 0 Å². The highest BCUT2D eigenvalue weighted by atomic mass is 19.4. The molecule has 5 nitrogen and oxygen atoms in total. The molecule has 0 spiro atoms. The lowest BCUT2D eigenvalue weighted by atomic mass is 9.94. The summed E-state index contributed by atoms with van der Waals surface area (Å²) in [7, 11) is 1.54. The maximum absolute atomic E-state index is 12.9. The van der Waals surface area contributed by atoms with Gasteiger partial charge in [-0.2, -0.15) is 18.2 Å². The van der Waals surface area contributed by atoms with E-state index in [-0.39, 0.29) is 18.4 Å². The molecule has 0 aliphatic rings. The molecule has 0 saturated carbocycles. The van der Waals surface area contributed by atoms with Crippen LogP contribution in [0.4, 0.5) is 13.2 Å². The van der Waals surface area contributed by atoms with E-state index in [1.54, 1.807) is 37.5 Å². The summed E-state index contributed by atoms with van der Waals surface area (Å²) in [5, 5.41) is 0. The molecule has 0 amide bonds. The van der Waals surface area contributed by atoms with E-state index >= 15 is 0 Å². The zero-order valence-corrected chi connectivity index (χ0v) is 19.4. The highest BCUT2D eigenvalue weighted by Gasteiger charge is 2.34. The third-order valence-electron chi connectivity index (χ3n) is 5.53. The summed E-state index contributed by atoms with van der Waals surface area (Å²) < 4.78 is 46.0. The van der Waals surface area contributed by atoms with E-state index in [4.69, 9.17) is 4.74 Å². The van der Waals surface area contributed by atoms with Gasteiger partial charge in [-0.15, -0.1) is 0 Å². The molecule has 8 heteroatoms. The maximum atomic E-state index is 12.9. The molecule has 2 aromatic carbocycles. The highest BCUT2D eigenvalue weighted by molar-refractivity contribution is 5.67. The predicted octanol–water partition coefficient (Wildman–Crippen LogP) is 6.57. The zero-order valence-electron chi connectivity index (χ0n) is 19.4. The Kier molecular flexibility index (Phi) is 6.41. The third kappa shape index (κ3) is 4.95. The van der Waals surface area contributed by atoms with Crippen molar-refractivity contribution in [3.63, 3.8) is 0 Å². The Morgan fingerprint density at radius 2 is 1.71 bits per heavy atom. The minimum Gasteiger partial charge on any atom is -0.459 e. The molecule has 0 saturated heterocycles. The van der Waals surface area contributed by atoms with Gasteiger partial charge in [0.05, 0.1) is 5.69 Å². The van der Waals surface area contributed by atoms with Crippen LogP contribution in [0.3, 0.4) is 0 Å². The van der Waals surface area contributed by atoms with Crippen LogP contribution in [0.25, 0.3) is 22.6 Å². The van der Waals surface area contributed by atoms with E-state index in [1.807, 2.05) is 19.1 Å². The predicted molar refractivity (Wildman–Crippen MR) is 124 cm³/mol. The largest absolute Gasteiger partial charge is 0.459 e. The van der Waals surface area contributed by atoms with Gasteiger partial charge in [0.25, 0.3) is 0 Å². The molecule has 4 aromatic rings. The van der Waals surface area contributed by atoms with Crippen LogP contribution in [-0.4, -0.2) is 19.5 Å². The average Bonchev–Trinajstić information content (AvgIpc) is 3.21. The van der Waals surface area contributed by atoms with Crippen LogP contribution in [0, 0.1) is 6.92 Å². The van der Waals surface area contributed by atoms with Gasteiger partial charge in [-0.25, -0.2) is 9.97 Å². The van der Waals surface area contributed by atoms with Gasteiger partial charge in [0, 0.05) is 30.6 Å². The number of aryl methyl sites for hydroxylation is 2. The highest BCUT2D eigenvalue weighted by Crippen LogP contribution is 2.32. The summed E-state index contributed by atoms with van der Waals surface area (Å²) in [6, 6.07) is 15.5. The quantitative estimate of drug-likeness (QED) is 0.322. The maximum Gasteiger partial charge on any atom is 0.434 e. The molecular formula is C26H25F3N4O. The topological polar surface area (TPSA) is 52.8 Å². The van der Waals surface area contributed by atoms with Gasteiger partial charge in [0.15, 0.2) is 5.69 Å². The van der Waals surface area contributed by atoms with E-state index in [0.717, 1.165) is 28.6 Å².